The summed E-state index contributed by atoms with van der Waals surface area (Å²) in [5, 5.41) is 2.64. The lowest BCUT2D eigenvalue weighted by Crippen LogP contribution is -2.44. The van der Waals surface area contributed by atoms with Gasteiger partial charge in [-0.15, -0.1) is 12.4 Å². The van der Waals surface area contributed by atoms with E-state index >= 15 is 0 Å². The Kier molecular flexibility index (Phi) is 6.11. The van der Waals surface area contributed by atoms with E-state index in [4.69, 9.17) is 5.73 Å². The molecule has 0 spiro atoms. The Balaban J connectivity index is 0.00000264. The molecule has 2 heterocycles. The number of hydrogen-bond acceptors (Lipinski definition) is 5. The molecule has 2 aromatic rings. The van der Waals surface area contributed by atoms with E-state index in [-0.39, 0.29) is 30.5 Å². The van der Waals surface area contributed by atoms with Crippen molar-refractivity contribution in [3.63, 3.8) is 0 Å². The number of nitrogens with zero attached hydrogens (tertiary/aromatic N) is 4. The molecule has 128 valence electrons. The van der Waals surface area contributed by atoms with Crippen molar-refractivity contribution in [2.24, 2.45) is 19.8 Å². The Morgan fingerprint density at radius 2 is 2.04 bits per heavy atom. The molecule has 10 heteroatoms. The molecule has 0 aliphatic rings. The van der Waals surface area contributed by atoms with Crippen molar-refractivity contribution in [3.8, 4) is 0 Å². The lowest BCUT2D eigenvalue weighted by Gasteiger charge is -2.10. The summed E-state index contributed by atoms with van der Waals surface area (Å²) in [6.07, 6.45) is 2.08. The second-order valence-corrected chi connectivity index (χ2v) is 5.38. The van der Waals surface area contributed by atoms with Crippen LogP contribution in [-0.2, 0) is 25.4 Å². The Morgan fingerprint density at radius 1 is 1.39 bits per heavy atom. The minimum atomic E-state index is -0.571. The topological polar surface area (TPSA) is 117 Å². The molecular weight excluding hydrogens is 324 g/mol. The molecule has 3 N–H and O–H groups in total. The number of aromatic nitrogens is 4. The van der Waals surface area contributed by atoms with Crippen molar-refractivity contribution in [3.05, 3.63) is 27.2 Å². The standard InChI is InChI=1S/C13H20N6O3.ClH/c1-8(14)4-5-15-9(20)6-19-12(21)10-11(16-7-17(10)2)18(3)13(19)22;/h7-8H,4-6,14H2,1-3H3,(H,15,20);1H. The summed E-state index contributed by atoms with van der Waals surface area (Å²) in [5.41, 5.74) is 5.08. The fourth-order valence-corrected chi connectivity index (χ4v) is 2.17. The smallest absolute Gasteiger partial charge is 0.332 e. The van der Waals surface area contributed by atoms with E-state index in [0.29, 0.717) is 18.6 Å². The fraction of sp³-hybridized carbons (Fsp3) is 0.538. The Bertz CT molecular complexity index is 819. The van der Waals surface area contributed by atoms with Gasteiger partial charge in [0.1, 0.15) is 6.54 Å². The van der Waals surface area contributed by atoms with Crippen LogP contribution in [-0.4, -0.2) is 37.2 Å². The third-order valence-electron chi connectivity index (χ3n) is 3.42. The van der Waals surface area contributed by atoms with Crippen LogP contribution in [0, 0.1) is 0 Å². The number of fused-ring (bicyclic) bond motifs is 1. The minimum Gasteiger partial charge on any atom is -0.354 e. The average molecular weight is 345 g/mol. The molecule has 0 aliphatic heterocycles. The molecule has 0 aromatic carbocycles. The van der Waals surface area contributed by atoms with Crippen LogP contribution in [0.15, 0.2) is 15.9 Å². The maximum atomic E-state index is 12.4. The van der Waals surface area contributed by atoms with Crippen molar-refractivity contribution in [1.29, 1.82) is 0 Å². The Hall–Kier alpha value is -2.13. The van der Waals surface area contributed by atoms with E-state index in [0.717, 1.165) is 4.57 Å². The number of halogens is 1. The van der Waals surface area contributed by atoms with Crippen molar-refractivity contribution < 1.29 is 4.79 Å². The lowest BCUT2D eigenvalue weighted by molar-refractivity contribution is -0.121. The highest BCUT2D eigenvalue weighted by molar-refractivity contribution is 5.85. The normalized spacial score (nSPS) is 12.0. The summed E-state index contributed by atoms with van der Waals surface area (Å²) in [7, 11) is 3.18. The number of carbonyl (C=O) groups excluding carboxylic acids is 1. The number of nitrogens with one attached hydrogen (secondary N) is 1. The predicted molar refractivity (Wildman–Crippen MR) is 88.7 cm³/mol. The maximum Gasteiger partial charge on any atom is 0.332 e. The van der Waals surface area contributed by atoms with Crippen LogP contribution in [0.5, 0.6) is 0 Å². The first kappa shape index (κ1) is 18.9. The van der Waals surface area contributed by atoms with Gasteiger partial charge in [0.25, 0.3) is 5.56 Å². The summed E-state index contributed by atoms with van der Waals surface area (Å²) in [6.45, 7) is 1.91. The fourth-order valence-electron chi connectivity index (χ4n) is 2.17. The highest BCUT2D eigenvalue weighted by atomic mass is 35.5. The Morgan fingerprint density at radius 3 is 2.65 bits per heavy atom. The van der Waals surface area contributed by atoms with Crippen molar-refractivity contribution in [2.45, 2.75) is 25.9 Å². The van der Waals surface area contributed by atoms with Gasteiger partial charge in [0.15, 0.2) is 11.2 Å². The first-order valence-electron chi connectivity index (χ1n) is 6.96. The van der Waals surface area contributed by atoms with E-state index in [9.17, 15) is 14.4 Å². The van der Waals surface area contributed by atoms with Crippen molar-refractivity contribution in [2.75, 3.05) is 6.54 Å². The van der Waals surface area contributed by atoms with Crippen LogP contribution in [0.25, 0.3) is 11.2 Å². The molecule has 1 amide bonds. The van der Waals surface area contributed by atoms with E-state index in [1.54, 1.807) is 7.05 Å². The molecule has 1 atom stereocenters. The summed E-state index contributed by atoms with van der Waals surface area (Å²) >= 11 is 0. The van der Waals surface area contributed by atoms with Gasteiger partial charge >= 0.3 is 5.69 Å². The van der Waals surface area contributed by atoms with Gasteiger partial charge in [-0.1, -0.05) is 0 Å². The van der Waals surface area contributed by atoms with Gasteiger partial charge in [0, 0.05) is 26.7 Å². The number of nitrogens with two attached hydrogens (primary N) is 1. The molecule has 0 aliphatic carbocycles. The monoisotopic (exact) mass is 344 g/mol. The molecular formula is C13H21ClN6O3. The summed E-state index contributed by atoms with van der Waals surface area (Å²) < 4.78 is 3.69. The van der Waals surface area contributed by atoms with Gasteiger partial charge < -0.3 is 15.6 Å². The number of rotatable bonds is 5. The highest BCUT2D eigenvalue weighted by Crippen LogP contribution is 2.02. The number of aryl methyl sites for hydroxylation is 2. The molecule has 2 rings (SSSR count). The summed E-state index contributed by atoms with van der Waals surface area (Å²) in [6, 6.07) is -0.0262. The van der Waals surface area contributed by atoms with Crippen LogP contribution >= 0.6 is 12.4 Å². The van der Waals surface area contributed by atoms with Gasteiger partial charge in [-0.3, -0.25) is 14.2 Å². The van der Waals surface area contributed by atoms with Gasteiger partial charge in [-0.2, -0.15) is 0 Å². The van der Waals surface area contributed by atoms with Gasteiger partial charge in [0.05, 0.1) is 6.33 Å². The van der Waals surface area contributed by atoms with E-state index in [2.05, 4.69) is 10.3 Å². The zero-order chi connectivity index (χ0) is 16.4. The second-order valence-electron chi connectivity index (χ2n) is 5.38. The minimum absolute atomic E-state index is 0. The zero-order valence-electron chi connectivity index (χ0n) is 13.3. The van der Waals surface area contributed by atoms with Crippen LogP contribution in [0.2, 0.25) is 0 Å². The van der Waals surface area contributed by atoms with Gasteiger partial charge in [0.2, 0.25) is 5.91 Å². The second kappa shape index (κ2) is 7.42. The van der Waals surface area contributed by atoms with Crippen LogP contribution < -0.4 is 22.3 Å². The number of hydrogen-bond donors (Lipinski definition) is 2. The molecule has 0 fully saturated rings. The van der Waals surface area contributed by atoms with Crippen molar-refractivity contribution in [1.82, 2.24) is 24.0 Å². The average Bonchev–Trinajstić information content (AvgIpc) is 2.83. The molecule has 23 heavy (non-hydrogen) atoms. The molecule has 0 radical (unpaired) electrons. The third-order valence-corrected chi connectivity index (χ3v) is 3.42. The number of carbonyl (C=O) groups is 1. The van der Waals surface area contributed by atoms with E-state index in [1.807, 2.05) is 6.92 Å². The first-order chi connectivity index (χ1) is 10.3. The van der Waals surface area contributed by atoms with Crippen LogP contribution in [0.3, 0.4) is 0 Å². The third kappa shape index (κ3) is 3.80. The van der Waals surface area contributed by atoms with Gasteiger partial charge in [-0.25, -0.2) is 14.3 Å². The van der Waals surface area contributed by atoms with Crippen LogP contribution in [0.4, 0.5) is 0 Å². The number of amides is 1. The maximum absolute atomic E-state index is 12.4. The Labute approximate surface area is 138 Å². The molecule has 9 nitrogen and oxygen atoms in total. The summed E-state index contributed by atoms with van der Waals surface area (Å²) in [5.74, 6) is -0.402. The van der Waals surface area contributed by atoms with Crippen molar-refractivity contribution >= 4 is 29.5 Å². The largest absolute Gasteiger partial charge is 0.354 e. The SMILES string of the molecule is CC(N)CCNC(=O)Cn1c(=O)c2c(ncn2C)n(C)c1=O.Cl. The van der Waals surface area contributed by atoms with E-state index in [1.165, 1.54) is 22.5 Å². The predicted octanol–water partition coefficient (Wildman–Crippen LogP) is -1.29. The molecule has 0 bridgehead atoms. The molecule has 2 aromatic heterocycles. The van der Waals surface area contributed by atoms with Crippen LogP contribution in [0.1, 0.15) is 13.3 Å². The number of imidazole rings is 1. The molecule has 0 saturated carbocycles. The molecule has 1 unspecified atom stereocenters. The highest BCUT2D eigenvalue weighted by Gasteiger charge is 2.16. The first-order valence-corrected chi connectivity index (χ1v) is 6.96. The summed E-state index contributed by atoms with van der Waals surface area (Å²) in [4.78, 5) is 40.5. The zero-order valence-corrected chi connectivity index (χ0v) is 14.1. The molecule has 0 saturated heterocycles. The quantitative estimate of drug-likeness (QED) is 0.700. The van der Waals surface area contributed by atoms with Gasteiger partial charge in [-0.05, 0) is 13.3 Å². The lowest BCUT2D eigenvalue weighted by atomic mass is 10.2. The van der Waals surface area contributed by atoms with E-state index < -0.39 is 17.2 Å².